The van der Waals surface area contributed by atoms with Crippen molar-refractivity contribution in [2.45, 2.75) is 71.6 Å². The fourth-order valence-electron chi connectivity index (χ4n) is 7.65. The Bertz CT molecular complexity index is 551. The van der Waals surface area contributed by atoms with Gasteiger partial charge in [0.1, 0.15) is 0 Å². The summed E-state index contributed by atoms with van der Waals surface area (Å²) in [5.74, 6) is 4.67. The maximum absolute atomic E-state index is 13.0. The molecule has 0 aromatic carbocycles. The monoisotopic (exact) mass is 327 g/mol. The van der Waals surface area contributed by atoms with E-state index in [1.165, 1.54) is 51.4 Å². The lowest BCUT2D eigenvalue weighted by molar-refractivity contribution is -0.146. The highest BCUT2D eigenvalue weighted by molar-refractivity contribution is 5.83. The Balaban J connectivity index is 1.19. The molecule has 0 aromatic rings. The summed E-state index contributed by atoms with van der Waals surface area (Å²) in [5.41, 5.74) is 2.16. The minimum absolute atomic E-state index is 0.0243. The quantitative estimate of drug-likeness (QED) is 0.745. The van der Waals surface area contributed by atoms with Crippen LogP contribution in [0.25, 0.3) is 0 Å². The summed E-state index contributed by atoms with van der Waals surface area (Å²) >= 11 is 0. The van der Waals surface area contributed by atoms with E-state index in [1.807, 2.05) is 0 Å². The maximum Gasteiger partial charge on any atom is 0.226 e. The fourth-order valence-corrected chi connectivity index (χ4v) is 7.65. The Morgan fingerprint density at radius 1 is 1.08 bits per heavy atom. The molecule has 0 spiro atoms. The number of nitrogens with one attached hydrogen (secondary N) is 1. The lowest BCUT2D eigenvalue weighted by atomic mass is 9.48. The van der Waals surface area contributed by atoms with E-state index < -0.39 is 0 Å². The topological polar surface area (TPSA) is 29.1 Å². The molecule has 5 saturated carbocycles. The SMILES string of the molecule is CC1(C)[C@H]2CC=C(CCNC(=O)C34CC5CC(CC(C5)C3)C4)[C@@H]1C2. The summed E-state index contributed by atoms with van der Waals surface area (Å²) in [6, 6.07) is 0. The van der Waals surface area contributed by atoms with Crippen molar-refractivity contribution in [1.82, 2.24) is 5.32 Å². The number of rotatable bonds is 4. The van der Waals surface area contributed by atoms with Gasteiger partial charge in [-0.25, -0.2) is 0 Å². The second-order valence-corrected chi connectivity index (χ2v) is 10.5. The molecule has 0 aromatic heterocycles. The molecule has 0 unspecified atom stereocenters. The van der Waals surface area contributed by atoms with Gasteiger partial charge in [-0.05, 0) is 92.8 Å². The summed E-state index contributed by atoms with van der Waals surface area (Å²) in [6.45, 7) is 5.74. The molecule has 24 heavy (non-hydrogen) atoms. The molecule has 1 amide bonds. The Hall–Kier alpha value is -0.790. The molecule has 7 rings (SSSR count). The second-order valence-electron chi connectivity index (χ2n) is 10.5. The van der Waals surface area contributed by atoms with Crippen LogP contribution in [-0.4, -0.2) is 12.5 Å². The number of carbonyl (C=O) groups is 1. The molecule has 0 radical (unpaired) electrons. The van der Waals surface area contributed by atoms with Gasteiger partial charge in [-0.3, -0.25) is 4.79 Å². The van der Waals surface area contributed by atoms with Crippen molar-refractivity contribution in [2.24, 2.45) is 40.4 Å². The average molecular weight is 328 g/mol. The summed E-state index contributed by atoms with van der Waals surface area (Å²) in [5, 5.41) is 3.37. The molecular formula is C22H33NO. The standard InChI is InChI=1S/C22H33NO/c1-21(2)18-4-3-17(19(21)10-18)5-6-23-20(24)22-11-14-7-15(12-22)9-16(8-14)13-22/h3,14-16,18-19H,4-13H2,1-2H3,(H,23,24)/t14?,15?,16?,18-,19-,22?/m0/s1. The average Bonchev–Trinajstić information content (AvgIpc) is 2.53. The van der Waals surface area contributed by atoms with Crippen molar-refractivity contribution in [2.75, 3.05) is 6.54 Å². The fraction of sp³-hybridized carbons (Fsp3) is 0.864. The smallest absolute Gasteiger partial charge is 0.226 e. The Morgan fingerprint density at radius 2 is 1.71 bits per heavy atom. The van der Waals surface area contributed by atoms with E-state index in [9.17, 15) is 4.79 Å². The maximum atomic E-state index is 13.0. The normalized spacial score (nSPS) is 47.1. The van der Waals surface area contributed by atoms with E-state index in [2.05, 4.69) is 25.2 Å². The molecule has 2 atom stereocenters. The summed E-state index contributed by atoms with van der Waals surface area (Å²) < 4.78 is 0. The van der Waals surface area contributed by atoms with E-state index in [-0.39, 0.29) is 5.41 Å². The van der Waals surface area contributed by atoms with Crippen LogP contribution in [0.3, 0.4) is 0 Å². The van der Waals surface area contributed by atoms with Gasteiger partial charge < -0.3 is 5.32 Å². The Labute approximate surface area is 146 Å². The van der Waals surface area contributed by atoms with Crippen LogP contribution in [0.15, 0.2) is 11.6 Å². The van der Waals surface area contributed by atoms with Crippen LogP contribution < -0.4 is 5.32 Å². The zero-order valence-electron chi connectivity index (χ0n) is 15.4. The molecular weight excluding hydrogens is 294 g/mol. The number of carbonyl (C=O) groups excluding carboxylic acids is 1. The van der Waals surface area contributed by atoms with Crippen molar-refractivity contribution in [3.8, 4) is 0 Å². The van der Waals surface area contributed by atoms with Gasteiger partial charge >= 0.3 is 0 Å². The summed E-state index contributed by atoms with van der Waals surface area (Å²) in [6.07, 6.45) is 14.0. The third-order valence-electron chi connectivity index (χ3n) is 8.80. The first-order chi connectivity index (χ1) is 11.5. The van der Waals surface area contributed by atoms with Gasteiger partial charge in [-0.1, -0.05) is 25.5 Å². The van der Waals surface area contributed by atoms with Crippen LogP contribution in [-0.2, 0) is 4.79 Å². The number of hydrogen-bond donors (Lipinski definition) is 1. The third-order valence-corrected chi connectivity index (χ3v) is 8.80. The number of hydrogen-bond acceptors (Lipinski definition) is 1. The highest BCUT2D eigenvalue weighted by Gasteiger charge is 2.54. The molecule has 132 valence electrons. The number of allylic oxidation sites excluding steroid dienone is 1. The number of fused-ring (bicyclic) bond motifs is 1. The zero-order chi connectivity index (χ0) is 16.5. The Morgan fingerprint density at radius 3 is 2.25 bits per heavy atom. The predicted octanol–water partition coefficient (Wildman–Crippen LogP) is 4.70. The van der Waals surface area contributed by atoms with E-state index in [0.717, 1.165) is 42.6 Å². The van der Waals surface area contributed by atoms with Crippen LogP contribution in [0.4, 0.5) is 0 Å². The first-order valence-corrected chi connectivity index (χ1v) is 10.4. The van der Waals surface area contributed by atoms with Gasteiger partial charge in [0.25, 0.3) is 0 Å². The highest BCUT2D eigenvalue weighted by Crippen LogP contribution is 2.61. The van der Waals surface area contributed by atoms with Crippen LogP contribution in [0, 0.1) is 40.4 Å². The van der Waals surface area contributed by atoms with Crippen LogP contribution in [0.2, 0.25) is 0 Å². The van der Waals surface area contributed by atoms with Crippen LogP contribution in [0.5, 0.6) is 0 Å². The highest BCUT2D eigenvalue weighted by atomic mass is 16.2. The van der Waals surface area contributed by atoms with Crippen molar-refractivity contribution in [3.05, 3.63) is 11.6 Å². The summed E-state index contributed by atoms with van der Waals surface area (Å²) in [4.78, 5) is 13.0. The minimum Gasteiger partial charge on any atom is -0.355 e. The van der Waals surface area contributed by atoms with Gasteiger partial charge in [-0.15, -0.1) is 0 Å². The molecule has 2 heteroatoms. The van der Waals surface area contributed by atoms with E-state index in [1.54, 1.807) is 5.57 Å². The van der Waals surface area contributed by atoms with Gasteiger partial charge in [0, 0.05) is 12.0 Å². The van der Waals surface area contributed by atoms with E-state index in [0.29, 0.717) is 11.3 Å². The van der Waals surface area contributed by atoms with E-state index in [4.69, 9.17) is 0 Å². The molecule has 6 bridgehead atoms. The van der Waals surface area contributed by atoms with Gasteiger partial charge in [0.2, 0.25) is 5.91 Å². The Kier molecular flexibility index (Phi) is 3.29. The van der Waals surface area contributed by atoms with Crippen molar-refractivity contribution in [1.29, 1.82) is 0 Å². The first kappa shape index (κ1) is 15.5. The molecule has 0 heterocycles. The van der Waals surface area contributed by atoms with Crippen molar-refractivity contribution in [3.63, 3.8) is 0 Å². The van der Waals surface area contributed by atoms with Crippen molar-refractivity contribution >= 4 is 5.91 Å². The number of amides is 1. The predicted molar refractivity (Wildman–Crippen MR) is 96.3 cm³/mol. The third kappa shape index (κ3) is 2.17. The molecule has 0 saturated heterocycles. The lowest BCUT2D eigenvalue weighted by Gasteiger charge is -2.57. The van der Waals surface area contributed by atoms with Crippen LogP contribution in [0.1, 0.15) is 71.6 Å². The van der Waals surface area contributed by atoms with Gasteiger partial charge in [0.15, 0.2) is 0 Å². The second kappa shape index (κ2) is 5.11. The molecule has 7 aliphatic rings. The summed E-state index contributed by atoms with van der Waals surface area (Å²) in [7, 11) is 0. The van der Waals surface area contributed by atoms with Gasteiger partial charge in [-0.2, -0.15) is 0 Å². The molecule has 2 nitrogen and oxygen atoms in total. The largest absolute Gasteiger partial charge is 0.355 e. The molecule has 1 N–H and O–H groups in total. The first-order valence-electron chi connectivity index (χ1n) is 10.4. The van der Waals surface area contributed by atoms with Crippen LogP contribution >= 0.6 is 0 Å². The molecule has 7 aliphatic carbocycles. The van der Waals surface area contributed by atoms with Gasteiger partial charge in [0.05, 0.1) is 0 Å². The van der Waals surface area contributed by atoms with Crippen molar-refractivity contribution < 1.29 is 4.79 Å². The molecule has 5 fully saturated rings. The molecule has 0 aliphatic heterocycles. The zero-order valence-corrected chi connectivity index (χ0v) is 15.4. The van der Waals surface area contributed by atoms with E-state index >= 15 is 0 Å². The lowest BCUT2D eigenvalue weighted by Crippen LogP contribution is -2.54. The minimum atomic E-state index is 0.0243.